The topological polar surface area (TPSA) is 12.9 Å². The zero-order chi connectivity index (χ0) is 11.8. The summed E-state index contributed by atoms with van der Waals surface area (Å²) >= 11 is 1.24. The van der Waals surface area contributed by atoms with Crippen LogP contribution in [0.2, 0.25) is 0 Å². The van der Waals surface area contributed by atoms with Gasteiger partial charge in [0.2, 0.25) is 0 Å². The number of pyridine rings is 1. The van der Waals surface area contributed by atoms with Crippen molar-refractivity contribution < 1.29 is 22.0 Å². The van der Waals surface area contributed by atoms with E-state index >= 15 is 0 Å². The molecule has 0 unspecified atom stereocenters. The van der Waals surface area contributed by atoms with Crippen LogP contribution in [-0.4, -0.2) is 4.98 Å². The summed E-state index contributed by atoms with van der Waals surface area (Å²) in [6.45, 7) is 1.25. The highest BCUT2D eigenvalue weighted by Crippen LogP contribution is 2.35. The summed E-state index contributed by atoms with van der Waals surface area (Å²) in [5.41, 5.74) is -1.95. The summed E-state index contributed by atoms with van der Waals surface area (Å²) in [6.07, 6.45) is -7.63. The monoisotopic (exact) mass is 337 g/mol. The van der Waals surface area contributed by atoms with E-state index < -0.39 is 27.4 Å². The minimum absolute atomic E-state index is 0.0713. The van der Waals surface area contributed by atoms with Gasteiger partial charge in [-0.3, -0.25) is 0 Å². The van der Waals surface area contributed by atoms with Crippen molar-refractivity contribution in [1.82, 2.24) is 4.98 Å². The molecule has 0 atom stereocenters. The van der Waals surface area contributed by atoms with Crippen molar-refractivity contribution >= 4 is 22.6 Å². The first kappa shape index (κ1) is 12.6. The molecule has 0 amide bonds. The molecule has 1 aromatic heterocycles. The Labute approximate surface area is 95.8 Å². The molecule has 0 fully saturated rings. The van der Waals surface area contributed by atoms with Gasteiger partial charge in [-0.15, -0.1) is 0 Å². The minimum atomic E-state index is -4.70. The van der Waals surface area contributed by atoms with Crippen LogP contribution in [0.15, 0.2) is 6.07 Å². The molecule has 0 aliphatic rings. The molecule has 0 N–H and O–H groups in total. The van der Waals surface area contributed by atoms with Gasteiger partial charge in [-0.05, 0) is 35.6 Å². The molecule has 0 saturated carbocycles. The van der Waals surface area contributed by atoms with E-state index in [0.717, 1.165) is 6.07 Å². The van der Waals surface area contributed by atoms with Gasteiger partial charge in [-0.2, -0.15) is 13.2 Å². The Hall–Kier alpha value is -0.470. The van der Waals surface area contributed by atoms with E-state index in [1.807, 2.05) is 0 Å². The Morgan fingerprint density at radius 3 is 2.27 bits per heavy atom. The summed E-state index contributed by atoms with van der Waals surface area (Å²) < 4.78 is 61.3. The quantitative estimate of drug-likeness (QED) is 0.559. The predicted octanol–water partition coefficient (Wildman–Crippen LogP) is 3.95. The van der Waals surface area contributed by atoms with Gasteiger partial charge >= 0.3 is 6.18 Å². The Bertz CT molecular complexity index is 374. The summed E-state index contributed by atoms with van der Waals surface area (Å²) in [5, 5.41) is 0. The van der Waals surface area contributed by atoms with Crippen LogP contribution in [0.5, 0.6) is 0 Å². The number of nitrogens with zero attached hydrogens (tertiary/aromatic N) is 1. The molecule has 7 heteroatoms. The van der Waals surface area contributed by atoms with Gasteiger partial charge in [0.05, 0.1) is 3.57 Å². The number of hydrogen-bond acceptors (Lipinski definition) is 1. The zero-order valence-corrected chi connectivity index (χ0v) is 9.53. The van der Waals surface area contributed by atoms with E-state index in [1.54, 1.807) is 0 Å². The van der Waals surface area contributed by atoms with Crippen LogP contribution in [0.3, 0.4) is 0 Å². The number of rotatable bonds is 1. The van der Waals surface area contributed by atoms with Gasteiger partial charge in [0.25, 0.3) is 6.43 Å². The molecule has 0 bridgehead atoms. The lowest BCUT2D eigenvalue weighted by molar-refractivity contribution is -0.142. The predicted molar refractivity (Wildman–Crippen MR) is 51.7 cm³/mol. The van der Waals surface area contributed by atoms with Crippen LogP contribution in [0.1, 0.15) is 23.4 Å². The third-order valence-electron chi connectivity index (χ3n) is 1.62. The number of alkyl halides is 5. The first-order chi connectivity index (χ1) is 6.73. The van der Waals surface area contributed by atoms with Gasteiger partial charge in [-0.25, -0.2) is 13.8 Å². The van der Waals surface area contributed by atoms with Crippen molar-refractivity contribution in [3.8, 4) is 0 Å². The maximum absolute atomic E-state index is 12.4. The highest BCUT2D eigenvalue weighted by Gasteiger charge is 2.37. The van der Waals surface area contributed by atoms with Gasteiger partial charge in [0.1, 0.15) is 0 Å². The van der Waals surface area contributed by atoms with Crippen molar-refractivity contribution in [2.24, 2.45) is 0 Å². The van der Waals surface area contributed by atoms with E-state index in [-0.39, 0.29) is 5.69 Å². The Morgan fingerprint density at radius 2 is 1.87 bits per heavy atom. The molecular formula is C8H5F5IN. The molecule has 0 aliphatic heterocycles. The molecule has 0 radical (unpaired) electrons. The van der Waals surface area contributed by atoms with E-state index in [1.165, 1.54) is 29.5 Å². The third kappa shape index (κ3) is 2.76. The first-order valence-corrected chi connectivity index (χ1v) is 4.83. The number of halogens is 6. The van der Waals surface area contributed by atoms with Crippen molar-refractivity contribution in [3.63, 3.8) is 0 Å². The SMILES string of the molecule is Cc1cc(C(F)F)c(I)c(C(F)(F)F)n1. The number of aryl methyl sites for hydroxylation is 1. The average molecular weight is 337 g/mol. The highest BCUT2D eigenvalue weighted by atomic mass is 127. The second-order valence-electron chi connectivity index (χ2n) is 2.81. The molecule has 0 spiro atoms. The van der Waals surface area contributed by atoms with Crippen LogP contribution in [0.25, 0.3) is 0 Å². The Morgan fingerprint density at radius 1 is 1.33 bits per heavy atom. The van der Waals surface area contributed by atoms with Crippen LogP contribution in [0.4, 0.5) is 22.0 Å². The van der Waals surface area contributed by atoms with E-state index in [4.69, 9.17) is 0 Å². The van der Waals surface area contributed by atoms with Crippen molar-refractivity contribution in [2.75, 3.05) is 0 Å². The standard InChI is InChI=1S/C8H5F5IN/c1-3-2-4(7(9)10)5(14)6(15-3)8(11,12)13/h2,7H,1H3. The van der Waals surface area contributed by atoms with Crippen LogP contribution in [0, 0.1) is 10.5 Å². The van der Waals surface area contributed by atoms with E-state index in [0.29, 0.717) is 0 Å². The molecule has 0 aliphatic carbocycles. The maximum Gasteiger partial charge on any atom is 0.434 e. The molecule has 84 valence electrons. The van der Waals surface area contributed by atoms with Crippen LogP contribution in [-0.2, 0) is 6.18 Å². The van der Waals surface area contributed by atoms with Gasteiger partial charge in [0.15, 0.2) is 5.69 Å². The van der Waals surface area contributed by atoms with Crippen LogP contribution < -0.4 is 0 Å². The lowest BCUT2D eigenvalue weighted by Crippen LogP contribution is -2.13. The average Bonchev–Trinajstić information content (AvgIpc) is 2.06. The Kier molecular flexibility index (Phi) is 3.51. The second kappa shape index (κ2) is 4.18. The highest BCUT2D eigenvalue weighted by molar-refractivity contribution is 14.1. The minimum Gasteiger partial charge on any atom is -0.248 e. The molecule has 1 heterocycles. The number of aromatic nitrogens is 1. The maximum atomic E-state index is 12.4. The molecule has 1 rings (SSSR count). The molecule has 1 nitrogen and oxygen atoms in total. The number of hydrogen-bond donors (Lipinski definition) is 0. The largest absolute Gasteiger partial charge is 0.434 e. The second-order valence-corrected chi connectivity index (χ2v) is 3.89. The normalized spacial score (nSPS) is 12.3. The lowest BCUT2D eigenvalue weighted by atomic mass is 10.2. The molecule has 15 heavy (non-hydrogen) atoms. The first-order valence-electron chi connectivity index (χ1n) is 3.76. The molecule has 0 saturated heterocycles. The smallest absolute Gasteiger partial charge is 0.248 e. The third-order valence-corrected chi connectivity index (χ3v) is 2.75. The van der Waals surface area contributed by atoms with Crippen molar-refractivity contribution in [2.45, 2.75) is 19.5 Å². The fourth-order valence-corrected chi connectivity index (χ4v) is 1.85. The van der Waals surface area contributed by atoms with Gasteiger partial charge in [0, 0.05) is 11.3 Å². The van der Waals surface area contributed by atoms with Gasteiger partial charge in [-0.1, -0.05) is 0 Å². The molecule has 1 aromatic rings. The molecular weight excluding hydrogens is 332 g/mol. The van der Waals surface area contributed by atoms with E-state index in [2.05, 4.69) is 4.98 Å². The summed E-state index contributed by atoms with van der Waals surface area (Å²) in [4.78, 5) is 3.22. The summed E-state index contributed by atoms with van der Waals surface area (Å²) in [7, 11) is 0. The summed E-state index contributed by atoms with van der Waals surface area (Å²) in [6, 6.07) is 0.960. The Balaban J connectivity index is 3.42. The lowest BCUT2D eigenvalue weighted by Gasteiger charge is -2.12. The summed E-state index contributed by atoms with van der Waals surface area (Å²) in [5.74, 6) is 0. The zero-order valence-electron chi connectivity index (χ0n) is 7.37. The fraction of sp³-hybridized carbons (Fsp3) is 0.375. The van der Waals surface area contributed by atoms with E-state index in [9.17, 15) is 22.0 Å². The van der Waals surface area contributed by atoms with Crippen molar-refractivity contribution in [1.29, 1.82) is 0 Å². The fourth-order valence-electron chi connectivity index (χ4n) is 1.03. The molecule has 0 aromatic carbocycles. The van der Waals surface area contributed by atoms with Gasteiger partial charge < -0.3 is 0 Å². The van der Waals surface area contributed by atoms with Crippen LogP contribution >= 0.6 is 22.6 Å². The van der Waals surface area contributed by atoms with Crippen molar-refractivity contribution in [3.05, 3.63) is 26.6 Å².